The summed E-state index contributed by atoms with van der Waals surface area (Å²) in [6.45, 7) is 0. The second-order valence-electron chi connectivity index (χ2n) is 2.14. The topological polar surface area (TPSA) is 63.6 Å². The zero-order chi connectivity index (χ0) is 9.52. The summed E-state index contributed by atoms with van der Waals surface area (Å²) in [5.41, 5.74) is 6.18. The molecule has 5 heteroatoms. The van der Waals surface area contributed by atoms with Crippen LogP contribution in [0.15, 0.2) is 34.6 Å². The maximum Gasteiger partial charge on any atom is 0.180 e. The van der Waals surface area contributed by atoms with E-state index in [-0.39, 0.29) is 0 Å². The largest absolute Gasteiger partial charge is 0.377 e. The second-order valence-corrected chi connectivity index (χ2v) is 2.97. The Morgan fingerprint density at radius 3 is 3.08 bits per heavy atom. The first kappa shape index (κ1) is 9.73. The summed E-state index contributed by atoms with van der Waals surface area (Å²) in [6.07, 6.45) is 5.10. The van der Waals surface area contributed by atoms with Crippen LogP contribution in [0.4, 0.5) is 0 Å². The highest BCUT2D eigenvalue weighted by molar-refractivity contribution is 8.13. The second kappa shape index (κ2) is 5.31. The van der Waals surface area contributed by atoms with Crippen LogP contribution in [0.5, 0.6) is 0 Å². The summed E-state index contributed by atoms with van der Waals surface area (Å²) >= 11 is 1.35. The molecule has 0 spiro atoms. The Kier molecular flexibility index (Phi) is 3.98. The van der Waals surface area contributed by atoms with Crippen molar-refractivity contribution in [2.45, 2.75) is 0 Å². The van der Waals surface area contributed by atoms with Gasteiger partial charge in [-0.05, 0) is 18.4 Å². The third kappa shape index (κ3) is 3.71. The molecule has 2 N–H and O–H groups in total. The van der Waals surface area contributed by atoms with Crippen LogP contribution >= 0.6 is 11.8 Å². The van der Waals surface area contributed by atoms with Crippen LogP contribution in [0.25, 0.3) is 0 Å². The van der Waals surface area contributed by atoms with E-state index in [0.717, 1.165) is 5.69 Å². The minimum atomic E-state index is 0.437. The van der Waals surface area contributed by atoms with Crippen molar-refractivity contribution in [1.29, 1.82) is 0 Å². The molecule has 0 aliphatic carbocycles. The van der Waals surface area contributed by atoms with E-state index in [2.05, 4.69) is 15.2 Å². The predicted molar refractivity (Wildman–Crippen MR) is 57.0 cm³/mol. The van der Waals surface area contributed by atoms with Crippen molar-refractivity contribution in [3.8, 4) is 0 Å². The lowest BCUT2D eigenvalue weighted by Gasteiger charge is -1.89. The number of nitrogens with zero attached hydrogens (tertiary/aromatic N) is 3. The lowest BCUT2D eigenvalue weighted by molar-refractivity contribution is 1.23. The normalized spacial score (nSPS) is 12.2. The number of aromatic nitrogens is 1. The van der Waals surface area contributed by atoms with Gasteiger partial charge in [0, 0.05) is 6.20 Å². The molecular formula is C8H10N4S. The van der Waals surface area contributed by atoms with Crippen LogP contribution < -0.4 is 5.73 Å². The van der Waals surface area contributed by atoms with Gasteiger partial charge in [0.25, 0.3) is 0 Å². The minimum Gasteiger partial charge on any atom is -0.377 e. The maximum absolute atomic E-state index is 5.42. The Morgan fingerprint density at radius 1 is 1.62 bits per heavy atom. The van der Waals surface area contributed by atoms with Crippen LogP contribution in [-0.2, 0) is 0 Å². The molecule has 0 saturated heterocycles. The average molecular weight is 194 g/mol. The minimum absolute atomic E-state index is 0.437. The van der Waals surface area contributed by atoms with E-state index in [1.165, 1.54) is 11.8 Å². The number of amidine groups is 1. The van der Waals surface area contributed by atoms with Gasteiger partial charge in [0.2, 0.25) is 0 Å². The van der Waals surface area contributed by atoms with E-state index >= 15 is 0 Å². The van der Waals surface area contributed by atoms with E-state index < -0.39 is 0 Å². The Labute approximate surface area is 81.0 Å². The first-order valence-corrected chi connectivity index (χ1v) is 4.87. The smallest absolute Gasteiger partial charge is 0.180 e. The molecule has 1 heterocycles. The molecule has 0 atom stereocenters. The van der Waals surface area contributed by atoms with E-state index in [1.54, 1.807) is 12.4 Å². The van der Waals surface area contributed by atoms with Gasteiger partial charge in [-0.25, -0.2) is 0 Å². The van der Waals surface area contributed by atoms with E-state index in [4.69, 9.17) is 5.73 Å². The van der Waals surface area contributed by atoms with Gasteiger partial charge in [-0.1, -0.05) is 17.8 Å². The summed E-state index contributed by atoms with van der Waals surface area (Å²) in [5.74, 6) is 0. The average Bonchev–Trinajstić information content (AvgIpc) is 2.19. The molecule has 0 amide bonds. The maximum atomic E-state index is 5.42. The van der Waals surface area contributed by atoms with Crippen molar-refractivity contribution < 1.29 is 0 Å². The molecule has 0 unspecified atom stereocenters. The third-order valence-corrected chi connectivity index (χ3v) is 1.74. The number of hydrogen-bond donors (Lipinski definition) is 1. The molecule has 0 aliphatic heterocycles. The Bertz CT molecular complexity index is 307. The quantitative estimate of drug-likeness (QED) is 0.435. The van der Waals surface area contributed by atoms with Crippen LogP contribution in [0, 0.1) is 0 Å². The van der Waals surface area contributed by atoms with Crippen LogP contribution in [0.3, 0.4) is 0 Å². The molecule has 4 nitrogen and oxygen atoms in total. The van der Waals surface area contributed by atoms with Crippen molar-refractivity contribution in [2.75, 3.05) is 6.26 Å². The lowest BCUT2D eigenvalue weighted by atomic mass is 10.4. The van der Waals surface area contributed by atoms with E-state index in [0.29, 0.717) is 5.17 Å². The number of hydrogen-bond acceptors (Lipinski definition) is 4. The Hall–Kier alpha value is -1.36. The van der Waals surface area contributed by atoms with Gasteiger partial charge in [-0.3, -0.25) is 4.98 Å². The summed E-state index contributed by atoms with van der Waals surface area (Å²) in [7, 11) is 0. The molecule has 0 aliphatic rings. The molecule has 0 aromatic carbocycles. The van der Waals surface area contributed by atoms with Gasteiger partial charge in [-0.2, -0.15) is 5.10 Å². The van der Waals surface area contributed by atoms with Gasteiger partial charge in [0.05, 0.1) is 11.9 Å². The zero-order valence-electron chi connectivity index (χ0n) is 7.21. The molecular weight excluding hydrogens is 184 g/mol. The Morgan fingerprint density at radius 2 is 2.46 bits per heavy atom. The van der Waals surface area contributed by atoms with E-state index in [1.807, 2.05) is 24.5 Å². The fourth-order valence-electron chi connectivity index (χ4n) is 0.638. The van der Waals surface area contributed by atoms with Crippen LogP contribution in [0.1, 0.15) is 5.69 Å². The van der Waals surface area contributed by atoms with Gasteiger partial charge < -0.3 is 5.73 Å². The van der Waals surface area contributed by atoms with E-state index in [9.17, 15) is 0 Å². The number of rotatable bonds is 2. The highest BCUT2D eigenvalue weighted by Gasteiger charge is 1.85. The first-order valence-electron chi connectivity index (χ1n) is 3.64. The fraction of sp³-hybridized carbons (Fsp3) is 0.125. The molecule has 1 rings (SSSR count). The lowest BCUT2D eigenvalue weighted by Crippen LogP contribution is -2.03. The standard InChI is InChI=1S/C8H10N4S/c1-13-8(9)12-11-6-7-4-2-3-5-10-7/h2-6H,1H3,(H2,9,12)/b11-6+. The van der Waals surface area contributed by atoms with Gasteiger partial charge in [0.1, 0.15) is 0 Å². The fourth-order valence-corrected chi connectivity index (χ4v) is 0.767. The predicted octanol–water partition coefficient (Wildman–Crippen LogP) is 1.09. The van der Waals surface area contributed by atoms with Gasteiger partial charge in [0.15, 0.2) is 5.17 Å². The molecule has 1 aromatic heterocycles. The monoisotopic (exact) mass is 194 g/mol. The van der Waals surface area contributed by atoms with Crippen molar-refractivity contribution in [2.24, 2.45) is 15.9 Å². The van der Waals surface area contributed by atoms with Crippen LogP contribution in [0.2, 0.25) is 0 Å². The molecule has 0 radical (unpaired) electrons. The van der Waals surface area contributed by atoms with Crippen molar-refractivity contribution >= 4 is 23.1 Å². The Balaban J connectivity index is 2.60. The first-order chi connectivity index (χ1) is 6.33. The van der Waals surface area contributed by atoms with Crippen molar-refractivity contribution in [3.63, 3.8) is 0 Å². The van der Waals surface area contributed by atoms with Crippen LogP contribution in [-0.4, -0.2) is 22.6 Å². The molecule has 68 valence electrons. The SMILES string of the molecule is CS/C(N)=N\N=C\c1ccccn1. The number of pyridine rings is 1. The summed E-state index contributed by atoms with van der Waals surface area (Å²) in [6, 6.07) is 5.57. The summed E-state index contributed by atoms with van der Waals surface area (Å²) in [5, 5.41) is 7.93. The molecule has 0 bridgehead atoms. The highest BCUT2D eigenvalue weighted by Crippen LogP contribution is 1.92. The van der Waals surface area contributed by atoms with Crippen molar-refractivity contribution in [3.05, 3.63) is 30.1 Å². The molecule has 0 fully saturated rings. The third-order valence-electron chi connectivity index (χ3n) is 1.24. The summed E-state index contributed by atoms with van der Waals surface area (Å²) in [4.78, 5) is 4.04. The number of thioether (sulfide) groups is 1. The number of nitrogens with two attached hydrogens (primary N) is 1. The summed E-state index contributed by atoms with van der Waals surface area (Å²) < 4.78 is 0. The zero-order valence-corrected chi connectivity index (χ0v) is 8.03. The van der Waals surface area contributed by atoms with Gasteiger partial charge in [-0.15, -0.1) is 5.10 Å². The molecule has 0 saturated carbocycles. The molecule has 13 heavy (non-hydrogen) atoms. The van der Waals surface area contributed by atoms with Gasteiger partial charge >= 0.3 is 0 Å². The molecule has 1 aromatic rings. The van der Waals surface area contributed by atoms with Crippen molar-refractivity contribution in [1.82, 2.24) is 4.98 Å². The highest BCUT2D eigenvalue weighted by atomic mass is 32.2.